The first-order chi connectivity index (χ1) is 10.8. The second-order valence-electron chi connectivity index (χ2n) is 5.11. The van der Waals surface area contributed by atoms with E-state index in [1.807, 2.05) is 17.4 Å². The Labute approximate surface area is 132 Å². The zero-order valence-corrected chi connectivity index (χ0v) is 13.5. The molecule has 1 heterocycles. The summed E-state index contributed by atoms with van der Waals surface area (Å²) in [5.41, 5.74) is 1.58. The molecule has 0 atom stereocenters. The van der Waals surface area contributed by atoms with E-state index in [1.54, 1.807) is 0 Å². The molecule has 10 heteroatoms. The highest BCUT2D eigenvalue weighted by Gasteiger charge is 2.32. The summed E-state index contributed by atoms with van der Waals surface area (Å²) in [7, 11) is -1.24. The summed E-state index contributed by atoms with van der Waals surface area (Å²) >= 11 is 0. The van der Waals surface area contributed by atoms with E-state index in [0.29, 0.717) is 19.2 Å². The number of hydroxylamine groups is 1. The number of nitrogens with one attached hydrogen (secondary N) is 1. The van der Waals surface area contributed by atoms with Crippen molar-refractivity contribution in [2.45, 2.75) is 4.90 Å². The Hall–Kier alpha value is -1.62. The van der Waals surface area contributed by atoms with Crippen LogP contribution in [0.3, 0.4) is 0 Å². The Kier molecular flexibility index (Phi) is 5.30. The minimum atomic E-state index is -4.24. The fourth-order valence-electron chi connectivity index (χ4n) is 2.20. The SMILES string of the molecule is CONC(=O)c1cc(F)c(F)c(S(=O)(=O)N2CCN(C)CC2)c1. The largest absolute Gasteiger partial charge is 0.304 e. The molecule has 7 nitrogen and oxygen atoms in total. The first-order valence-corrected chi connectivity index (χ1v) is 8.22. The van der Waals surface area contributed by atoms with E-state index in [4.69, 9.17) is 0 Å². The van der Waals surface area contributed by atoms with Crippen molar-refractivity contribution in [2.24, 2.45) is 0 Å². The van der Waals surface area contributed by atoms with Crippen LogP contribution >= 0.6 is 0 Å². The highest BCUT2D eigenvalue weighted by molar-refractivity contribution is 7.89. The van der Waals surface area contributed by atoms with Gasteiger partial charge in [0.05, 0.1) is 7.11 Å². The molecule has 1 aromatic rings. The number of sulfonamides is 1. The summed E-state index contributed by atoms with van der Waals surface area (Å²) in [5.74, 6) is -3.79. The van der Waals surface area contributed by atoms with E-state index in [9.17, 15) is 22.0 Å². The van der Waals surface area contributed by atoms with Gasteiger partial charge in [-0.3, -0.25) is 9.63 Å². The third-order valence-electron chi connectivity index (χ3n) is 3.53. The topological polar surface area (TPSA) is 78.9 Å². The van der Waals surface area contributed by atoms with E-state index in [0.717, 1.165) is 10.4 Å². The molecule has 0 unspecified atom stereocenters. The van der Waals surface area contributed by atoms with Crippen molar-refractivity contribution in [3.8, 4) is 0 Å². The van der Waals surface area contributed by atoms with Gasteiger partial charge in [-0.1, -0.05) is 0 Å². The van der Waals surface area contributed by atoms with Crippen molar-refractivity contribution in [1.29, 1.82) is 0 Å². The number of likely N-dealkylation sites (N-methyl/N-ethyl adjacent to an activating group) is 1. The number of hydrogen-bond acceptors (Lipinski definition) is 5. The number of nitrogens with zero attached hydrogens (tertiary/aromatic N) is 2. The maximum absolute atomic E-state index is 14.0. The van der Waals surface area contributed by atoms with Crippen molar-refractivity contribution in [1.82, 2.24) is 14.7 Å². The van der Waals surface area contributed by atoms with E-state index in [2.05, 4.69) is 4.84 Å². The molecular formula is C13H17F2N3O4S. The number of amides is 1. The molecule has 23 heavy (non-hydrogen) atoms. The molecule has 1 aromatic carbocycles. The Morgan fingerprint density at radius 3 is 2.39 bits per heavy atom. The van der Waals surface area contributed by atoms with Gasteiger partial charge >= 0.3 is 0 Å². The van der Waals surface area contributed by atoms with Gasteiger partial charge in [0.25, 0.3) is 5.91 Å². The molecule has 2 rings (SSSR count). The smallest absolute Gasteiger partial charge is 0.274 e. The lowest BCUT2D eigenvalue weighted by atomic mass is 10.2. The summed E-state index contributed by atoms with van der Waals surface area (Å²) in [5, 5.41) is 0. The second-order valence-corrected chi connectivity index (χ2v) is 7.02. The summed E-state index contributed by atoms with van der Waals surface area (Å²) in [4.78, 5) is 17.1. The Bertz CT molecular complexity index is 703. The molecule has 1 N–H and O–H groups in total. The van der Waals surface area contributed by atoms with Crippen LogP contribution in [-0.4, -0.2) is 63.9 Å². The summed E-state index contributed by atoms with van der Waals surface area (Å²) in [6.07, 6.45) is 0. The molecule has 0 bridgehead atoms. The fourth-order valence-corrected chi connectivity index (χ4v) is 3.72. The normalized spacial score (nSPS) is 17.2. The monoisotopic (exact) mass is 349 g/mol. The molecular weight excluding hydrogens is 332 g/mol. The summed E-state index contributed by atoms with van der Waals surface area (Å²) in [6.45, 7) is 1.28. The average molecular weight is 349 g/mol. The van der Waals surface area contributed by atoms with Crippen LogP contribution in [0.2, 0.25) is 0 Å². The predicted molar refractivity (Wildman–Crippen MR) is 77.1 cm³/mol. The average Bonchev–Trinajstić information content (AvgIpc) is 2.50. The molecule has 1 aliphatic heterocycles. The lowest BCUT2D eigenvalue weighted by Gasteiger charge is -2.31. The number of rotatable bonds is 4. The zero-order chi connectivity index (χ0) is 17.2. The fraction of sp³-hybridized carbons (Fsp3) is 0.462. The lowest BCUT2D eigenvalue weighted by Crippen LogP contribution is -2.47. The molecule has 128 valence electrons. The van der Waals surface area contributed by atoms with Crippen LogP contribution < -0.4 is 5.48 Å². The van der Waals surface area contributed by atoms with Crippen LogP contribution in [0.1, 0.15) is 10.4 Å². The first kappa shape index (κ1) is 17.7. The van der Waals surface area contributed by atoms with Gasteiger partial charge in [0.1, 0.15) is 4.90 Å². The van der Waals surface area contributed by atoms with Gasteiger partial charge in [0.15, 0.2) is 11.6 Å². The molecule has 0 spiro atoms. The quantitative estimate of drug-likeness (QED) is 0.786. The highest BCUT2D eigenvalue weighted by atomic mass is 32.2. The molecule has 0 radical (unpaired) electrons. The number of carbonyl (C=O) groups is 1. The van der Waals surface area contributed by atoms with Crippen LogP contribution in [0.15, 0.2) is 17.0 Å². The van der Waals surface area contributed by atoms with Crippen molar-refractivity contribution in [2.75, 3.05) is 40.3 Å². The van der Waals surface area contributed by atoms with Gasteiger partial charge in [-0.25, -0.2) is 22.7 Å². The molecule has 1 fully saturated rings. The lowest BCUT2D eigenvalue weighted by molar-refractivity contribution is 0.0537. The van der Waals surface area contributed by atoms with Crippen molar-refractivity contribution < 1.29 is 26.8 Å². The Morgan fingerprint density at radius 1 is 1.22 bits per heavy atom. The molecule has 1 amide bonds. The van der Waals surface area contributed by atoms with Gasteiger partial charge < -0.3 is 4.90 Å². The molecule has 1 saturated heterocycles. The number of piperazine rings is 1. The van der Waals surface area contributed by atoms with Crippen molar-refractivity contribution in [3.63, 3.8) is 0 Å². The summed E-state index contributed by atoms with van der Waals surface area (Å²) < 4.78 is 53.9. The number of carbonyl (C=O) groups excluding carboxylic acids is 1. The van der Waals surface area contributed by atoms with Crippen LogP contribution in [0.5, 0.6) is 0 Å². The zero-order valence-electron chi connectivity index (χ0n) is 12.7. The molecule has 0 aliphatic carbocycles. The van der Waals surface area contributed by atoms with Gasteiger partial charge in [-0.05, 0) is 19.2 Å². The van der Waals surface area contributed by atoms with E-state index < -0.39 is 32.5 Å². The maximum Gasteiger partial charge on any atom is 0.274 e. The molecule has 0 aromatic heterocycles. The van der Waals surface area contributed by atoms with Gasteiger partial charge in [-0.15, -0.1) is 0 Å². The third kappa shape index (κ3) is 3.66. The second kappa shape index (κ2) is 6.87. The van der Waals surface area contributed by atoms with Gasteiger partial charge in [0, 0.05) is 31.7 Å². The Morgan fingerprint density at radius 2 is 1.83 bits per heavy atom. The number of halogens is 2. The van der Waals surface area contributed by atoms with Gasteiger partial charge in [-0.2, -0.15) is 4.31 Å². The highest BCUT2D eigenvalue weighted by Crippen LogP contribution is 2.24. The third-order valence-corrected chi connectivity index (χ3v) is 5.43. The minimum absolute atomic E-state index is 0.161. The maximum atomic E-state index is 14.0. The van der Waals surface area contributed by atoms with Crippen LogP contribution in [0, 0.1) is 11.6 Å². The van der Waals surface area contributed by atoms with Crippen LogP contribution in [-0.2, 0) is 14.9 Å². The van der Waals surface area contributed by atoms with Crippen molar-refractivity contribution >= 4 is 15.9 Å². The minimum Gasteiger partial charge on any atom is -0.304 e. The predicted octanol–water partition coefficient (Wildman–Crippen LogP) is 0.192. The number of hydrogen-bond donors (Lipinski definition) is 1. The van der Waals surface area contributed by atoms with E-state index >= 15 is 0 Å². The molecule has 0 saturated carbocycles. The Balaban J connectivity index is 2.43. The summed E-state index contributed by atoms with van der Waals surface area (Å²) in [6, 6.07) is 1.42. The van der Waals surface area contributed by atoms with Crippen molar-refractivity contribution in [3.05, 3.63) is 29.3 Å². The van der Waals surface area contributed by atoms with Crippen LogP contribution in [0.25, 0.3) is 0 Å². The standard InChI is InChI=1S/C13H17F2N3O4S/c1-17-3-5-18(6-4-17)23(20,21)11-8-9(13(19)16-22-2)7-10(14)12(11)15/h7-8H,3-6H2,1-2H3,(H,16,19). The van der Waals surface area contributed by atoms with E-state index in [-0.39, 0.29) is 18.7 Å². The van der Waals surface area contributed by atoms with Crippen LogP contribution in [0.4, 0.5) is 8.78 Å². The van der Waals surface area contributed by atoms with E-state index in [1.165, 1.54) is 7.11 Å². The first-order valence-electron chi connectivity index (χ1n) is 6.78. The number of benzene rings is 1. The van der Waals surface area contributed by atoms with Gasteiger partial charge in [0.2, 0.25) is 10.0 Å². The molecule has 1 aliphatic rings.